The van der Waals surface area contributed by atoms with E-state index in [0.717, 1.165) is 49.3 Å². The summed E-state index contributed by atoms with van der Waals surface area (Å²) in [4.78, 5) is 32.7. The third-order valence-electron chi connectivity index (χ3n) is 9.22. The van der Waals surface area contributed by atoms with E-state index in [2.05, 4.69) is 37.2 Å². The number of ether oxygens (including phenoxy) is 1. The number of piperazine rings is 1. The highest BCUT2D eigenvalue weighted by Crippen LogP contribution is 2.41. The van der Waals surface area contributed by atoms with Crippen LogP contribution < -0.4 is 20.5 Å². The van der Waals surface area contributed by atoms with Crippen LogP contribution in [0.5, 0.6) is 11.5 Å². The summed E-state index contributed by atoms with van der Waals surface area (Å²) in [6.07, 6.45) is 10.1. The van der Waals surface area contributed by atoms with Crippen LogP contribution in [0.4, 0.5) is 21.7 Å². The van der Waals surface area contributed by atoms with Gasteiger partial charge in [0.05, 0.1) is 6.54 Å². The molecule has 0 amide bonds. The van der Waals surface area contributed by atoms with Gasteiger partial charge in [-0.15, -0.1) is 0 Å². The normalized spacial score (nSPS) is 18.2. The van der Waals surface area contributed by atoms with Crippen molar-refractivity contribution >= 4 is 28.4 Å². The van der Waals surface area contributed by atoms with Crippen LogP contribution in [0.3, 0.4) is 0 Å². The molecular weight excluding hydrogens is 569 g/mol. The van der Waals surface area contributed by atoms with Crippen LogP contribution in [0.25, 0.3) is 11.0 Å². The van der Waals surface area contributed by atoms with E-state index in [1.807, 2.05) is 24.4 Å². The van der Waals surface area contributed by atoms with E-state index in [-0.39, 0.29) is 18.0 Å². The van der Waals surface area contributed by atoms with Gasteiger partial charge in [0.2, 0.25) is 5.95 Å². The van der Waals surface area contributed by atoms with E-state index < -0.39 is 11.4 Å². The number of aromatic nitrogens is 4. The van der Waals surface area contributed by atoms with Crippen molar-refractivity contribution in [2.45, 2.75) is 44.2 Å². The molecule has 2 saturated heterocycles. The molecule has 3 fully saturated rings. The fourth-order valence-electron chi connectivity index (χ4n) is 6.68. The number of benzene rings is 2. The van der Waals surface area contributed by atoms with Gasteiger partial charge in [0, 0.05) is 61.0 Å². The minimum Gasteiger partial charge on any atom is -0.448 e. The monoisotopic (exact) mass is 603 g/mol. The van der Waals surface area contributed by atoms with E-state index in [0.29, 0.717) is 28.9 Å². The number of para-hydroxylation sites is 1. The number of halogens is 1. The molecule has 1 saturated carbocycles. The average Bonchev–Trinajstić information content (AvgIpc) is 3.81. The lowest BCUT2D eigenvalue weighted by Crippen LogP contribution is -2.50. The molecule has 0 radical (unpaired) electrons. The maximum atomic E-state index is 14.5. The van der Waals surface area contributed by atoms with E-state index in [9.17, 15) is 9.18 Å². The first kappa shape index (κ1) is 27.7. The fraction of sp³-hybridized carbons (Fsp3) is 0.314. The quantitative estimate of drug-likeness (QED) is 0.229. The molecule has 0 spiro atoms. The maximum absolute atomic E-state index is 14.5. The summed E-state index contributed by atoms with van der Waals surface area (Å²) in [6, 6.07) is 18.6. The van der Waals surface area contributed by atoms with Crippen LogP contribution >= 0.6 is 0 Å². The molecule has 228 valence electrons. The second-order valence-corrected chi connectivity index (χ2v) is 12.2. The minimum atomic E-state index is -0.545. The Hall–Kier alpha value is -4.83. The lowest BCUT2D eigenvalue weighted by atomic mass is 10.1. The first-order chi connectivity index (χ1) is 22.1. The Balaban J connectivity index is 1.11. The average molecular weight is 604 g/mol. The van der Waals surface area contributed by atoms with Crippen LogP contribution in [0, 0.1) is 5.82 Å². The zero-order chi connectivity index (χ0) is 30.3. The molecule has 1 N–H and O–H groups in total. The summed E-state index contributed by atoms with van der Waals surface area (Å²) in [5, 5.41) is 3.93. The van der Waals surface area contributed by atoms with Gasteiger partial charge in [-0.1, -0.05) is 12.1 Å². The van der Waals surface area contributed by atoms with Gasteiger partial charge in [-0.3, -0.25) is 19.2 Å². The zero-order valence-electron chi connectivity index (χ0n) is 24.9. The largest absolute Gasteiger partial charge is 0.448 e. The Kier molecular flexibility index (Phi) is 7.13. The van der Waals surface area contributed by atoms with Crippen molar-refractivity contribution in [1.82, 2.24) is 24.4 Å². The van der Waals surface area contributed by atoms with E-state index in [4.69, 9.17) is 9.72 Å². The van der Waals surface area contributed by atoms with Gasteiger partial charge in [0.15, 0.2) is 17.3 Å². The number of hydrogen-bond acceptors (Lipinski definition) is 8. The summed E-state index contributed by atoms with van der Waals surface area (Å²) < 4.78 is 21.9. The number of pyridine rings is 2. The van der Waals surface area contributed by atoms with Gasteiger partial charge in [0.1, 0.15) is 5.65 Å². The Bertz CT molecular complexity index is 1920. The summed E-state index contributed by atoms with van der Waals surface area (Å²) >= 11 is 0. The number of anilines is 3. The van der Waals surface area contributed by atoms with Gasteiger partial charge >= 0.3 is 0 Å². The smallest absolute Gasteiger partial charge is 0.295 e. The van der Waals surface area contributed by atoms with E-state index >= 15 is 0 Å². The second kappa shape index (κ2) is 11.6. The maximum Gasteiger partial charge on any atom is 0.295 e. The Morgan fingerprint density at radius 2 is 1.82 bits per heavy atom. The van der Waals surface area contributed by atoms with Gasteiger partial charge < -0.3 is 15.0 Å². The van der Waals surface area contributed by atoms with Crippen molar-refractivity contribution in [3.8, 4) is 11.5 Å². The first-order valence-corrected chi connectivity index (χ1v) is 15.7. The standard InChI is InChI=1S/C35H34FN7O2/c36-30-5-1-2-6-31(30)45-32-18-25-19-38-35(39-26-9-11-27(12-10-26)42-17-16-41-15-3-4-28(41)22-42)40-33(25)43(34(32)44)21-24-13-14-37-20-29(24)23-7-8-23/h1-2,5-6,9-14,18-20,23,28H,3-4,7-8,15-17,21-22H2,(H,38,39,40). The van der Waals surface area contributed by atoms with Crippen molar-refractivity contribution < 1.29 is 9.13 Å². The Labute approximate surface area is 260 Å². The molecule has 1 aliphatic carbocycles. The highest BCUT2D eigenvalue weighted by molar-refractivity contribution is 5.77. The zero-order valence-corrected chi connectivity index (χ0v) is 24.9. The van der Waals surface area contributed by atoms with Crippen molar-refractivity contribution in [3.05, 3.63) is 107 Å². The van der Waals surface area contributed by atoms with E-state index in [1.54, 1.807) is 35.2 Å². The molecule has 3 aromatic heterocycles. The van der Waals surface area contributed by atoms with Crippen LogP contribution in [0.2, 0.25) is 0 Å². The van der Waals surface area contributed by atoms with Crippen LogP contribution in [-0.4, -0.2) is 56.6 Å². The highest BCUT2D eigenvalue weighted by Gasteiger charge is 2.30. The number of nitrogens with zero attached hydrogens (tertiary/aromatic N) is 6. The second-order valence-electron chi connectivity index (χ2n) is 12.2. The van der Waals surface area contributed by atoms with Crippen LogP contribution in [-0.2, 0) is 6.54 Å². The summed E-state index contributed by atoms with van der Waals surface area (Å²) in [7, 11) is 0. The number of rotatable bonds is 8. The van der Waals surface area contributed by atoms with Crippen molar-refractivity contribution in [2.75, 3.05) is 36.4 Å². The molecule has 3 aliphatic rings. The molecule has 2 aliphatic heterocycles. The molecule has 9 nitrogen and oxygen atoms in total. The van der Waals surface area contributed by atoms with E-state index in [1.165, 1.54) is 37.2 Å². The topological polar surface area (TPSA) is 88.4 Å². The van der Waals surface area contributed by atoms with Gasteiger partial charge in [-0.05, 0) is 97.8 Å². The fourth-order valence-corrected chi connectivity index (χ4v) is 6.68. The lowest BCUT2D eigenvalue weighted by molar-refractivity contribution is 0.231. The Morgan fingerprint density at radius 1 is 0.956 bits per heavy atom. The van der Waals surface area contributed by atoms with Crippen LogP contribution in [0.1, 0.15) is 42.7 Å². The van der Waals surface area contributed by atoms with Crippen molar-refractivity contribution in [2.24, 2.45) is 0 Å². The molecule has 5 aromatic rings. The third-order valence-corrected chi connectivity index (χ3v) is 9.22. The molecule has 8 rings (SSSR count). The molecule has 5 heterocycles. The summed E-state index contributed by atoms with van der Waals surface area (Å²) in [6.45, 7) is 4.73. The van der Waals surface area contributed by atoms with Gasteiger partial charge in [-0.2, -0.15) is 4.98 Å². The van der Waals surface area contributed by atoms with Crippen molar-refractivity contribution in [3.63, 3.8) is 0 Å². The Morgan fingerprint density at radius 3 is 2.67 bits per heavy atom. The summed E-state index contributed by atoms with van der Waals surface area (Å²) in [5.41, 5.74) is 4.27. The molecule has 2 aromatic carbocycles. The number of nitrogens with one attached hydrogen (secondary N) is 1. The lowest BCUT2D eigenvalue weighted by Gasteiger charge is -2.38. The highest BCUT2D eigenvalue weighted by atomic mass is 19.1. The number of fused-ring (bicyclic) bond motifs is 2. The predicted octanol–water partition coefficient (Wildman–Crippen LogP) is 6.07. The van der Waals surface area contributed by atoms with Crippen LogP contribution in [0.15, 0.2) is 84.0 Å². The molecule has 1 unspecified atom stereocenters. The first-order valence-electron chi connectivity index (χ1n) is 15.7. The van der Waals surface area contributed by atoms with Gasteiger partial charge in [-0.25, -0.2) is 9.37 Å². The molecule has 10 heteroatoms. The predicted molar refractivity (Wildman–Crippen MR) is 172 cm³/mol. The molecule has 1 atom stereocenters. The molecule has 0 bridgehead atoms. The molecular formula is C35H34FN7O2. The number of hydrogen-bond donors (Lipinski definition) is 1. The summed E-state index contributed by atoms with van der Waals surface area (Å²) in [5.74, 6) is 0.272. The van der Waals surface area contributed by atoms with Gasteiger partial charge in [0.25, 0.3) is 5.56 Å². The third kappa shape index (κ3) is 5.62. The SMILES string of the molecule is O=c1c(Oc2ccccc2F)cc2cnc(Nc3ccc(N4CCN5CCCC5C4)cc3)nc2n1Cc1ccncc1C1CC1. The minimum absolute atomic E-state index is 0.00737. The van der Waals surface area contributed by atoms with Crippen molar-refractivity contribution in [1.29, 1.82) is 0 Å². The molecule has 45 heavy (non-hydrogen) atoms.